The van der Waals surface area contributed by atoms with E-state index in [2.05, 4.69) is 5.32 Å². The number of nitrogens with one attached hydrogen (secondary N) is 1. The molecule has 1 spiro atoms. The molecule has 4 heteroatoms. The highest BCUT2D eigenvalue weighted by atomic mass is 16.2. The van der Waals surface area contributed by atoms with E-state index in [1.807, 2.05) is 0 Å². The van der Waals surface area contributed by atoms with Crippen molar-refractivity contribution in [3.8, 4) is 0 Å². The number of hydrogen-bond donors (Lipinski definition) is 1. The van der Waals surface area contributed by atoms with E-state index in [4.69, 9.17) is 0 Å². The van der Waals surface area contributed by atoms with Gasteiger partial charge in [0.25, 0.3) is 0 Å². The average molecular weight is 182 g/mol. The van der Waals surface area contributed by atoms with Crippen LogP contribution in [-0.2, 0) is 9.59 Å². The summed E-state index contributed by atoms with van der Waals surface area (Å²) in [6.45, 7) is 2.41. The first kappa shape index (κ1) is 8.53. The summed E-state index contributed by atoms with van der Waals surface area (Å²) in [5, 5.41) is 2.87. The molecule has 0 aliphatic carbocycles. The molecule has 0 aromatic carbocycles. The number of piperidine rings is 1. The van der Waals surface area contributed by atoms with Crippen molar-refractivity contribution in [2.24, 2.45) is 5.41 Å². The molecule has 0 atom stereocenters. The van der Waals surface area contributed by atoms with E-state index < -0.39 is 0 Å². The Morgan fingerprint density at radius 3 is 2.54 bits per heavy atom. The largest absolute Gasteiger partial charge is 0.356 e. The molecule has 13 heavy (non-hydrogen) atoms. The molecule has 1 N–H and O–H groups in total. The molecule has 2 aliphatic rings. The van der Waals surface area contributed by atoms with Gasteiger partial charge in [-0.25, -0.2) is 0 Å². The fraction of sp³-hybridized carbons (Fsp3) is 0.778. The maximum absolute atomic E-state index is 11.1. The Balaban J connectivity index is 1.97. The van der Waals surface area contributed by atoms with Gasteiger partial charge >= 0.3 is 0 Å². The molecule has 0 saturated carbocycles. The van der Waals surface area contributed by atoms with Crippen molar-refractivity contribution in [1.82, 2.24) is 10.2 Å². The van der Waals surface area contributed by atoms with Crippen molar-refractivity contribution < 1.29 is 9.59 Å². The number of likely N-dealkylation sites (tertiary alicyclic amines) is 1. The lowest BCUT2D eigenvalue weighted by molar-refractivity contribution is -0.120. The van der Waals surface area contributed by atoms with Gasteiger partial charge in [0.05, 0.1) is 0 Å². The van der Waals surface area contributed by atoms with Crippen LogP contribution < -0.4 is 5.32 Å². The molecule has 0 bridgehead atoms. The summed E-state index contributed by atoms with van der Waals surface area (Å²) in [7, 11) is 0. The van der Waals surface area contributed by atoms with E-state index in [0.717, 1.165) is 38.9 Å². The molecule has 2 saturated heterocycles. The summed E-state index contributed by atoms with van der Waals surface area (Å²) in [5.41, 5.74) is 0.163. The Kier molecular flexibility index (Phi) is 1.98. The normalized spacial score (nSPS) is 26.2. The molecule has 4 nitrogen and oxygen atoms in total. The van der Waals surface area contributed by atoms with Crippen molar-refractivity contribution in [3.05, 3.63) is 0 Å². The predicted octanol–water partition coefficient (Wildman–Crippen LogP) is -0.255. The second kappa shape index (κ2) is 3.01. The summed E-state index contributed by atoms with van der Waals surface area (Å²) in [5.74, 6) is 0.166. The number of carbonyl (C=O) groups is 2. The maximum Gasteiger partial charge on any atom is 0.220 e. The highest BCUT2D eigenvalue weighted by Crippen LogP contribution is 2.36. The SMILES string of the molecule is O=CN1CCC2(CC1)CNC(=O)C2. The Morgan fingerprint density at radius 2 is 2.08 bits per heavy atom. The van der Waals surface area contributed by atoms with Crippen LogP contribution in [-0.4, -0.2) is 36.9 Å². The molecule has 2 amide bonds. The second-order valence-corrected chi connectivity index (χ2v) is 4.09. The van der Waals surface area contributed by atoms with E-state index in [0.29, 0.717) is 6.42 Å². The molecule has 2 aliphatic heterocycles. The van der Waals surface area contributed by atoms with Crippen molar-refractivity contribution in [3.63, 3.8) is 0 Å². The third kappa shape index (κ3) is 1.53. The molecule has 0 unspecified atom stereocenters. The van der Waals surface area contributed by atoms with Crippen LogP contribution in [0.25, 0.3) is 0 Å². The average Bonchev–Trinajstić information content (AvgIpc) is 2.49. The molecular formula is C9H14N2O2. The van der Waals surface area contributed by atoms with Gasteiger partial charge in [0.15, 0.2) is 0 Å². The van der Waals surface area contributed by atoms with Crippen molar-refractivity contribution in [2.45, 2.75) is 19.3 Å². The molecule has 2 fully saturated rings. The number of carbonyl (C=O) groups excluding carboxylic acids is 2. The van der Waals surface area contributed by atoms with Gasteiger partial charge in [-0.15, -0.1) is 0 Å². The van der Waals surface area contributed by atoms with Crippen molar-refractivity contribution >= 4 is 12.3 Å². The zero-order valence-electron chi connectivity index (χ0n) is 7.58. The van der Waals surface area contributed by atoms with E-state index in [1.165, 1.54) is 0 Å². The van der Waals surface area contributed by atoms with Crippen LogP contribution in [0.5, 0.6) is 0 Å². The van der Waals surface area contributed by atoms with Crippen LogP contribution in [0.4, 0.5) is 0 Å². The number of rotatable bonds is 1. The molecule has 0 aromatic rings. The molecule has 2 rings (SSSR count). The van der Waals surface area contributed by atoms with E-state index in [1.54, 1.807) is 4.90 Å². The zero-order chi connectivity index (χ0) is 9.31. The Morgan fingerprint density at radius 1 is 1.38 bits per heavy atom. The van der Waals surface area contributed by atoms with Gasteiger partial charge in [0.2, 0.25) is 12.3 Å². The van der Waals surface area contributed by atoms with Crippen LogP contribution in [0.1, 0.15) is 19.3 Å². The Bertz CT molecular complexity index is 232. The zero-order valence-corrected chi connectivity index (χ0v) is 7.58. The molecule has 2 heterocycles. The van der Waals surface area contributed by atoms with E-state index >= 15 is 0 Å². The first-order valence-corrected chi connectivity index (χ1v) is 4.70. The Labute approximate surface area is 77.3 Å². The highest BCUT2D eigenvalue weighted by Gasteiger charge is 2.40. The summed E-state index contributed by atoms with van der Waals surface area (Å²) >= 11 is 0. The van der Waals surface area contributed by atoms with Crippen LogP contribution in [0.3, 0.4) is 0 Å². The molecule has 0 aromatic heterocycles. The number of hydrogen-bond acceptors (Lipinski definition) is 2. The van der Waals surface area contributed by atoms with Crippen LogP contribution >= 0.6 is 0 Å². The summed E-state index contributed by atoms with van der Waals surface area (Å²) in [4.78, 5) is 23.3. The van der Waals surface area contributed by atoms with Crippen LogP contribution in [0.2, 0.25) is 0 Å². The summed E-state index contributed by atoms with van der Waals surface area (Å²) in [6.07, 6.45) is 3.48. The van der Waals surface area contributed by atoms with Crippen LogP contribution in [0, 0.1) is 5.41 Å². The predicted molar refractivity (Wildman–Crippen MR) is 46.9 cm³/mol. The first-order valence-electron chi connectivity index (χ1n) is 4.70. The van der Waals surface area contributed by atoms with Gasteiger partial charge in [0.1, 0.15) is 0 Å². The minimum Gasteiger partial charge on any atom is -0.356 e. The lowest BCUT2D eigenvalue weighted by Crippen LogP contribution is -2.40. The number of nitrogens with zero attached hydrogens (tertiary/aromatic N) is 1. The standard InChI is InChI=1S/C9H14N2O2/c12-7-11-3-1-9(2-4-11)5-8(13)10-6-9/h7H,1-6H2,(H,10,13). The van der Waals surface area contributed by atoms with Crippen molar-refractivity contribution in [1.29, 1.82) is 0 Å². The molecular weight excluding hydrogens is 168 g/mol. The number of amides is 2. The third-order valence-corrected chi connectivity index (χ3v) is 3.20. The fourth-order valence-corrected chi connectivity index (χ4v) is 2.21. The van der Waals surface area contributed by atoms with Crippen LogP contribution in [0.15, 0.2) is 0 Å². The monoisotopic (exact) mass is 182 g/mol. The van der Waals surface area contributed by atoms with Gasteiger partial charge in [-0.2, -0.15) is 0 Å². The van der Waals surface area contributed by atoms with Gasteiger partial charge in [0, 0.05) is 26.1 Å². The quantitative estimate of drug-likeness (QED) is 0.568. The van der Waals surface area contributed by atoms with Gasteiger partial charge in [-0.05, 0) is 18.3 Å². The topological polar surface area (TPSA) is 49.4 Å². The Hall–Kier alpha value is -1.06. The smallest absolute Gasteiger partial charge is 0.220 e. The molecule has 0 radical (unpaired) electrons. The summed E-state index contributed by atoms with van der Waals surface area (Å²) < 4.78 is 0. The minimum atomic E-state index is 0.163. The van der Waals surface area contributed by atoms with Gasteiger partial charge < -0.3 is 10.2 Å². The third-order valence-electron chi connectivity index (χ3n) is 3.20. The lowest BCUT2D eigenvalue weighted by atomic mass is 9.78. The van der Waals surface area contributed by atoms with E-state index in [9.17, 15) is 9.59 Å². The van der Waals surface area contributed by atoms with Crippen molar-refractivity contribution in [2.75, 3.05) is 19.6 Å². The van der Waals surface area contributed by atoms with E-state index in [-0.39, 0.29) is 11.3 Å². The minimum absolute atomic E-state index is 0.163. The van der Waals surface area contributed by atoms with Gasteiger partial charge in [-0.1, -0.05) is 0 Å². The second-order valence-electron chi connectivity index (χ2n) is 4.09. The first-order chi connectivity index (χ1) is 6.24. The summed E-state index contributed by atoms with van der Waals surface area (Å²) in [6, 6.07) is 0. The maximum atomic E-state index is 11.1. The lowest BCUT2D eigenvalue weighted by Gasteiger charge is -2.36. The highest BCUT2D eigenvalue weighted by molar-refractivity contribution is 5.79. The molecule has 72 valence electrons. The van der Waals surface area contributed by atoms with Gasteiger partial charge in [-0.3, -0.25) is 9.59 Å². The fourth-order valence-electron chi connectivity index (χ4n) is 2.21.